The zero-order valence-electron chi connectivity index (χ0n) is 13.5. The standard InChI is InChI=1S/C17H28N2O2/c1-14(2)19(3)9-4-8-18-13-15-6-7-16-17(12-15)21-11-5-10-20-16/h6-7,12,14,18H,4-5,8-11,13H2,1-3H3. The smallest absolute Gasteiger partial charge is 0.161 e. The lowest BCUT2D eigenvalue weighted by molar-refractivity contribution is 0.269. The first-order chi connectivity index (χ1) is 10.2. The van der Waals surface area contributed by atoms with Crippen molar-refractivity contribution in [1.29, 1.82) is 0 Å². The third kappa shape index (κ3) is 5.21. The molecule has 1 N–H and O–H groups in total. The lowest BCUT2D eigenvalue weighted by Crippen LogP contribution is -2.29. The van der Waals surface area contributed by atoms with Crippen LogP contribution in [0.25, 0.3) is 0 Å². The van der Waals surface area contributed by atoms with Crippen LogP contribution in [0.5, 0.6) is 11.5 Å². The van der Waals surface area contributed by atoms with E-state index in [9.17, 15) is 0 Å². The van der Waals surface area contributed by atoms with Crippen molar-refractivity contribution in [2.75, 3.05) is 33.4 Å². The van der Waals surface area contributed by atoms with Gasteiger partial charge in [-0.05, 0) is 58.1 Å². The van der Waals surface area contributed by atoms with E-state index in [0.29, 0.717) is 6.04 Å². The molecule has 2 rings (SSSR count). The summed E-state index contributed by atoms with van der Waals surface area (Å²) in [7, 11) is 2.18. The van der Waals surface area contributed by atoms with Gasteiger partial charge in [-0.15, -0.1) is 0 Å². The van der Waals surface area contributed by atoms with Gasteiger partial charge in [0.1, 0.15) is 0 Å². The number of rotatable bonds is 7. The summed E-state index contributed by atoms with van der Waals surface area (Å²) in [6.45, 7) is 8.98. The fourth-order valence-corrected chi connectivity index (χ4v) is 2.26. The van der Waals surface area contributed by atoms with Gasteiger partial charge in [0.25, 0.3) is 0 Å². The van der Waals surface area contributed by atoms with Crippen LogP contribution in [0, 0.1) is 0 Å². The number of ether oxygens (including phenoxy) is 2. The van der Waals surface area contributed by atoms with Crippen LogP contribution < -0.4 is 14.8 Å². The Morgan fingerprint density at radius 3 is 2.71 bits per heavy atom. The van der Waals surface area contributed by atoms with Crippen molar-refractivity contribution in [3.05, 3.63) is 23.8 Å². The Morgan fingerprint density at radius 1 is 1.19 bits per heavy atom. The number of nitrogens with zero attached hydrogens (tertiary/aromatic N) is 1. The molecule has 1 aromatic rings. The fraction of sp³-hybridized carbons (Fsp3) is 0.647. The fourth-order valence-electron chi connectivity index (χ4n) is 2.26. The van der Waals surface area contributed by atoms with Gasteiger partial charge in [-0.2, -0.15) is 0 Å². The molecule has 0 unspecified atom stereocenters. The molecule has 0 radical (unpaired) electrons. The molecule has 1 aliphatic heterocycles. The van der Waals surface area contributed by atoms with Crippen molar-refractivity contribution in [2.45, 2.75) is 39.3 Å². The summed E-state index contributed by atoms with van der Waals surface area (Å²) in [6.07, 6.45) is 2.12. The highest BCUT2D eigenvalue weighted by molar-refractivity contribution is 5.43. The molecule has 0 spiro atoms. The van der Waals surface area contributed by atoms with Crippen molar-refractivity contribution in [1.82, 2.24) is 10.2 Å². The second-order valence-corrected chi connectivity index (χ2v) is 5.94. The predicted octanol–water partition coefficient (Wildman–Crippen LogP) is 2.67. The lowest BCUT2D eigenvalue weighted by Gasteiger charge is -2.20. The second-order valence-electron chi connectivity index (χ2n) is 5.94. The van der Waals surface area contributed by atoms with Gasteiger partial charge in [-0.25, -0.2) is 0 Å². The predicted molar refractivity (Wildman–Crippen MR) is 86.1 cm³/mol. The Morgan fingerprint density at radius 2 is 1.95 bits per heavy atom. The molecule has 0 aromatic heterocycles. The van der Waals surface area contributed by atoms with Crippen LogP contribution in [0.4, 0.5) is 0 Å². The summed E-state index contributed by atoms with van der Waals surface area (Å²) in [4.78, 5) is 2.37. The minimum absolute atomic E-state index is 0.617. The van der Waals surface area contributed by atoms with E-state index in [1.54, 1.807) is 0 Å². The van der Waals surface area contributed by atoms with E-state index < -0.39 is 0 Å². The first-order valence-electron chi connectivity index (χ1n) is 7.96. The summed E-state index contributed by atoms with van der Waals surface area (Å²) >= 11 is 0. The third-order valence-electron chi connectivity index (χ3n) is 3.89. The number of nitrogens with one attached hydrogen (secondary N) is 1. The van der Waals surface area contributed by atoms with Gasteiger partial charge in [0, 0.05) is 19.0 Å². The van der Waals surface area contributed by atoms with E-state index in [1.165, 1.54) is 12.0 Å². The monoisotopic (exact) mass is 292 g/mol. The van der Waals surface area contributed by atoms with E-state index >= 15 is 0 Å². The van der Waals surface area contributed by atoms with Gasteiger partial charge in [0.15, 0.2) is 11.5 Å². The van der Waals surface area contributed by atoms with Crippen LogP contribution in [-0.2, 0) is 6.54 Å². The van der Waals surface area contributed by atoms with Crippen LogP contribution >= 0.6 is 0 Å². The molecule has 21 heavy (non-hydrogen) atoms. The van der Waals surface area contributed by atoms with E-state index in [2.05, 4.69) is 43.2 Å². The van der Waals surface area contributed by atoms with Gasteiger partial charge in [-0.1, -0.05) is 6.07 Å². The molecular formula is C17H28N2O2. The zero-order chi connectivity index (χ0) is 15.1. The Kier molecular flexibility index (Phi) is 6.33. The maximum absolute atomic E-state index is 5.71. The van der Waals surface area contributed by atoms with Gasteiger partial charge >= 0.3 is 0 Å². The van der Waals surface area contributed by atoms with Gasteiger partial charge in [0.2, 0.25) is 0 Å². The van der Waals surface area contributed by atoms with Gasteiger partial charge in [-0.3, -0.25) is 0 Å². The molecule has 0 amide bonds. The molecule has 0 atom stereocenters. The average Bonchev–Trinajstić information content (AvgIpc) is 2.71. The number of benzene rings is 1. The SMILES string of the molecule is CC(C)N(C)CCCNCc1ccc2c(c1)OCCCO2. The topological polar surface area (TPSA) is 33.7 Å². The van der Waals surface area contributed by atoms with Crippen LogP contribution in [0.1, 0.15) is 32.3 Å². The van der Waals surface area contributed by atoms with E-state index in [0.717, 1.165) is 50.8 Å². The third-order valence-corrected chi connectivity index (χ3v) is 3.89. The van der Waals surface area contributed by atoms with E-state index in [4.69, 9.17) is 9.47 Å². The molecule has 0 saturated heterocycles. The summed E-state index contributed by atoms with van der Waals surface area (Å²) in [6, 6.07) is 6.84. The minimum Gasteiger partial charge on any atom is -0.490 e. The summed E-state index contributed by atoms with van der Waals surface area (Å²) in [5.41, 5.74) is 1.25. The summed E-state index contributed by atoms with van der Waals surface area (Å²) < 4.78 is 11.4. The summed E-state index contributed by atoms with van der Waals surface area (Å²) in [5, 5.41) is 3.50. The van der Waals surface area contributed by atoms with Gasteiger partial charge in [0.05, 0.1) is 13.2 Å². The minimum atomic E-state index is 0.617. The zero-order valence-corrected chi connectivity index (χ0v) is 13.5. The van der Waals surface area contributed by atoms with Crippen molar-refractivity contribution in [3.8, 4) is 11.5 Å². The molecule has 0 bridgehead atoms. The Balaban J connectivity index is 1.72. The molecular weight excluding hydrogens is 264 g/mol. The number of hydrogen-bond acceptors (Lipinski definition) is 4. The molecule has 1 aliphatic rings. The van der Waals surface area contributed by atoms with Crippen molar-refractivity contribution in [2.24, 2.45) is 0 Å². The quantitative estimate of drug-likeness (QED) is 0.783. The van der Waals surface area contributed by atoms with Crippen molar-refractivity contribution < 1.29 is 9.47 Å². The highest BCUT2D eigenvalue weighted by atomic mass is 16.5. The van der Waals surface area contributed by atoms with Crippen molar-refractivity contribution in [3.63, 3.8) is 0 Å². The Hall–Kier alpha value is -1.26. The van der Waals surface area contributed by atoms with E-state index in [-0.39, 0.29) is 0 Å². The van der Waals surface area contributed by atoms with Crippen LogP contribution in [-0.4, -0.2) is 44.3 Å². The van der Waals surface area contributed by atoms with Crippen LogP contribution in [0.15, 0.2) is 18.2 Å². The van der Waals surface area contributed by atoms with Crippen LogP contribution in [0.2, 0.25) is 0 Å². The Bertz CT molecular complexity index is 435. The average molecular weight is 292 g/mol. The highest BCUT2D eigenvalue weighted by Crippen LogP contribution is 2.30. The molecule has 0 aliphatic carbocycles. The number of fused-ring (bicyclic) bond motifs is 1. The molecule has 0 fully saturated rings. The maximum atomic E-state index is 5.71. The Labute approximate surface area is 128 Å². The first kappa shape index (κ1) is 16.1. The number of hydrogen-bond donors (Lipinski definition) is 1. The summed E-state index contributed by atoms with van der Waals surface area (Å²) in [5.74, 6) is 1.75. The first-order valence-corrected chi connectivity index (χ1v) is 7.96. The molecule has 4 nitrogen and oxygen atoms in total. The molecule has 1 aromatic carbocycles. The highest BCUT2D eigenvalue weighted by Gasteiger charge is 2.10. The van der Waals surface area contributed by atoms with E-state index in [1.807, 2.05) is 6.07 Å². The molecule has 4 heteroatoms. The van der Waals surface area contributed by atoms with Crippen LogP contribution in [0.3, 0.4) is 0 Å². The van der Waals surface area contributed by atoms with Crippen molar-refractivity contribution >= 4 is 0 Å². The molecule has 1 heterocycles. The normalized spacial score (nSPS) is 14.5. The molecule has 0 saturated carbocycles. The lowest BCUT2D eigenvalue weighted by atomic mass is 10.2. The second kappa shape index (κ2) is 8.25. The maximum Gasteiger partial charge on any atom is 0.161 e. The largest absolute Gasteiger partial charge is 0.490 e. The van der Waals surface area contributed by atoms with Gasteiger partial charge < -0.3 is 19.7 Å². The molecule has 118 valence electrons.